The third kappa shape index (κ3) is 5.02. The molecule has 0 bridgehead atoms. The number of nitro groups is 1. The summed E-state index contributed by atoms with van der Waals surface area (Å²) < 4.78 is 5.22. The molecule has 7 nitrogen and oxygen atoms in total. The van der Waals surface area contributed by atoms with Crippen molar-refractivity contribution < 1.29 is 14.5 Å². The molecule has 0 atom stereocenters. The molecule has 0 spiro atoms. The predicted octanol–water partition coefficient (Wildman–Crippen LogP) is 3.36. The second-order valence-electron chi connectivity index (χ2n) is 5.31. The van der Waals surface area contributed by atoms with Gasteiger partial charge in [0.2, 0.25) is 0 Å². The normalized spacial score (nSPS) is 10.3. The van der Waals surface area contributed by atoms with Gasteiger partial charge in [-0.2, -0.15) is 0 Å². The van der Waals surface area contributed by atoms with Gasteiger partial charge in [-0.3, -0.25) is 14.9 Å². The first-order chi connectivity index (χ1) is 12.0. The first-order valence-electron chi connectivity index (χ1n) is 8.07. The van der Waals surface area contributed by atoms with Crippen LogP contribution in [-0.2, 0) is 6.54 Å². The SMILES string of the molecule is CCNCc1cccc(NC(=O)c2ccc(OCC)c([N+](=O)[O-])c2)c1. The number of nitro benzene ring substituents is 1. The van der Waals surface area contributed by atoms with Crippen molar-refractivity contribution in [2.75, 3.05) is 18.5 Å². The molecule has 2 aromatic rings. The van der Waals surface area contributed by atoms with Gasteiger partial charge in [-0.05, 0) is 43.3 Å². The number of rotatable bonds is 8. The van der Waals surface area contributed by atoms with Gasteiger partial charge in [-0.1, -0.05) is 19.1 Å². The lowest BCUT2D eigenvalue weighted by atomic mass is 10.1. The Balaban J connectivity index is 2.18. The highest BCUT2D eigenvalue weighted by atomic mass is 16.6. The third-order valence-electron chi connectivity index (χ3n) is 3.48. The lowest BCUT2D eigenvalue weighted by molar-refractivity contribution is -0.385. The molecule has 0 aromatic heterocycles. The fourth-order valence-corrected chi connectivity index (χ4v) is 2.31. The summed E-state index contributed by atoms with van der Waals surface area (Å²) in [6.07, 6.45) is 0. The lowest BCUT2D eigenvalue weighted by Crippen LogP contribution is -2.14. The standard InChI is InChI=1S/C18H21N3O4/c1-3-19-12-13-6-5-7-15(10-13)20-18(22)14-8-9-17(25-4-2)16(11-14)21(23)24/h5-11,19H,3-4,12H2,1-2H3,(H,20,22). The van der Waals surface area contributed by atoms with Crippen LogP contribution in [-0.4, -0.2) is 24.0 Å². The Morgan fingerprint density at radius 3 is 2.68 bits per heavy atom. The number of carbonyl (C=O) groups excluding carboxylic acids is 1. The molecule has 0 unspecified atom stereocenters. The summed E-state index contributed by atoms with van der Waals surface area (Å²) in [5.41, 5.74) is 1.65. The van der Waals surface area contributed by atoms with E-state index in [9.17, 15) is 14.9 Å². The average molecular weight is 343 g/mol. The molecule has 2 aromatic carbocycles. The second kappa shape index (κ2) is 8.79. The molecule has 25 heavy (non-hydrogen) atoms. The van der Waals surface area contributed by atoms with Crippen molar-refractivity contribution >= 4 is 17.3 Å². The second-order valence-corrected chi connectivity index (χ2v) is 5.31. The fourth-order valence-electron chi connectivity index (χ4n) is 2.31. The molecule has 2 rings (SSSR count). The topological polar surface area (TPSA) is 93.5 Å². The van der Waals surface area contributed by atoms with Gasteiger partial charge in [-0.15, -0.1) is 0 Å². The summed E-state index contributed by atoms with van der Waals surface area (Å²) in [5, 5.41) is 17.1. The minimum absolute atomic E-state index is 0.150. The van der Waals surface area contributed by atoms with Crippen LogP contribution in [0.15, 0.2) is 42.5 Å². The number of ether oxygens (including phenoxy) is 1. The number of nitrogens with zero attached hydrogens (tertiary/aromatic N) is 1. The molecule has 0 aliphatic rings. The minimum atomic E-state index is -0.557. The van der Waals surface area contributed by atoms with Crippen LogP contribution in [0.1, 0.15) is 29.8 Å². The number of carbonyl (C=O) groups is 1. The van der Waals surface area contributed by atoms with Crippen molar-refractivity contribution in [3.05, 3.63) is 63.7 Å². The van der Waals surface area contributed by atoms with Crippen LogP contribution in [0.4, 0.5) is 11.4 Å². The van der Waals surface area contributed by atoms with Crippen molar-refractivity contribution in [1.29, 1.82) is 0 Å². The van der Waals surface area contributed by atoms with E-state index in [-0.39, 0.29) is 17.0 Å². The van der Waals surface area contributed by atoms with Gasteiger partial charge in [0.05, 0.1) is 11.5 Å². The van der Waals surface area contributed by atoms with Gasteiger partial charge < -0.3 is 15.4 Å². The van der Waals surface area contributed by atoms with Gasteiger partial charge in [0.15, 0.2) is 5.75 Å². The molecule has 0 saturated carbocycles. The molecule has 0 radical (unpaired) electrons. The highest BCUT2D eigenvalue weighted by molar-refractivity contribution is 6.04. The highest BCUT2D eigenvalue weighted by Gasteiger charge is 2.18. The monoisotopic (exact) mass is 343 g/mol. The summed E-state index contributed by atoms with van der Waals surface area (Å²) in [4.78, 5) is 23.0. The number of anilines is 1. The Hall–Kier alpha value is -2.93. The van der Waals surface area contributed by atoms with Crippen LogP contribution < -0.4 is 15.4 Å². The summed E-state index contributed by atoms with van der Waals surface area (Å²) >= 11 is 0. The molecule has 7 heteroatoms. The Morgan fingerprint density at radius 1 is 1.20 bits per heavy atom. The zero-order valence-corrected chi connectivity index (χ0v) is 14.2. The molecule has 2 N–H and O–H groups in total. The van der Waals surface area contributed by atoms with E-state index in [0.717, 1.165) is 12.1 Å². The first-order valence-corrected chi connectivity index (χ1v) is 8.07. The van der Waals surface area contributed by atoms with Crippen molar-refractivity contribution in [2.24, 2.45) is 0 Å². The Morgan fingerprint density at radius 2 is 2.00 bits per heavy atom. The molecular formula is C18H21N3O4. The van der Waals surface area contributed by atoms with E-state index in [1.165, 1.54) is 18.2 Å². The maximum Gasteiger partial charge on any atom is 0.311 e. The third-order valence-corrected chi connectivity index (χ3v) is 3.48. The van der Waals surface area contributed by atoms with Gasteiger partial charge >= 0.3 is 5.69 Å². The number of nitrogens with one attached hydrogen (secondary N) is 2. The predicted molar refractivity (Wildman–Crippen MR) is 96.0 cm³/mol. The fraction of sp³-hybridized carbons (Fsp3) is 0.278. The summed E-state index contributed by atoms with van der Waals surface area (Å²) in [6, 6.07) is 11.6. The average Bonchev–Trinajstić information content (AvgIpc) is 2.60. The van der Waals surface area contributed by atoms with E-state index in [2.05, 4.69) is 10.6 Å². The van der Waals surface area contributed by atoms with E-state index in [1.807, 2.05) is 25.1 Å². The number of hydrogen-bond donors (Lipinski definition) is 2. The smallest absolute Gasteiger partial charge is 0.311 e. The molecule has 0 fully saturated rings. The van der Waals surface area contributed by atoms with Crippen LogP contribution in [0.25, 0.3) is 0 Å². The zero-order valence-electron chi connectivity index (χ0n) is 14.2. The molecule has 0 heterocycles. The number of amides is 1. The molecule has 0 saturated heterocycles. The van der Waals surface area contributed by atoms with E-state index in [0.29, 0.717) is 18.8 Å². The van der Waals surface area contributed by atoms with Crippen molar-refractivity contribution in [1.82, 2.24) is 5.32 Å². The van der Waals surface area contributed by atoms with Crippen molar-refractivity contribution in [2.45, 2.75) is 20.4 Å². The zero-order chi connectivity index (χ0) is 18.2. The maximum atomic E-state index is 12.4. The van der Waals surface area contributed by atoms with Crippen LogP contribution >= 0.6 is 0 Å². The van der Waals surface area contributed by atoms with Crippen molar-refractivity contribution in [3.63, 3.8) is 0 Å². The molecule has 132 valence electrons. The van der Waals surface area contributed by atoms with Crippen LogP contribution in [0.2, 0.25) is 0 Å². The molecule has 0 aliphatic carbocycles. The largest absolute Gasteiger partial charge is 0.487 e. The van der Waals surface area contributed by atoms with E-state index in [1.54, 1.807) is 13.0 Å². The van der Waals surface area contributed by atoms with Crippen LogP contribution in [0.3, 0.4) is 0 Å². The number of benzene rings is 2. The summed E-state index contributed by atoms with van der Waals surface area (Å²) in [6.45, 7) is 5.63. The number of hydrogen-bond acceptors (Lipinski definition) is 5. The van der Waals surface area contributed by atoms with Crippen molar-refractivity contribution in [3.8, 4) is 5.75 Å². The Kier molecular flexibility index (Phi) is 6.47. The van der Waals surface area contributed by atoms with Crippen LogP contribution in [0.5, 0.6) is 5.75 Å². The molecule has 1 amide bonds. The highest BCUT2D eigenvalue weighted by Crippen LogP contribution is 2.28. The molecule has 0 aliphatic heterocycles. The minimum Gasteiger partial charge on any atom is -0.487 e. The Labute approximate surface area is 146 Å². The van der Waals surface area contributed by atoms with Crippen LogP contribution in [0, 0.1) is 10.1 Å². The lowest BCUT2D eigenvalue weighted by Gasteiger charge is -2.09. The summed E-state index contributed by atoms with van der Waals surface area (Å²) in [5.74, 6) is -0.261. The quantitative estimate of drug-likeness (QED) is 0.566. The van der Waals surface area contributed by atoms with Gasteiger partial charge in [0, 0.05) is 23.9 Å². The summed E-state index contributed by atoms with van der Waals surface area (Å²) in [7, 11) is 0. The first kappa shape index (κ1) is 18.4. The molecular weight excluding hydrogens is 322 g/mol. The van der Waals surface area contributed by atoms with E-state index < -0.39 is 10.8 Å². The van der Waals surface area contributed by atoms with E-state index >= 15 is 0 Å². The van der Waals surface area contributed by atoms with Gasteiger partial charge in [0.1, 0.15) is 0 Å². The van der Waals surface area contributed by atoms with Gasteiger partial charge in [0.25, 0.3) is 5.91 Å². The van der Waals surface area contributed by atoms with E-state index in [4.69, 9.17) is 4.74 Å². The Bertz CT molecular complexity index is 762. The van der Waals surface area contributed by atoms with Gasteiger partial charge in [-0.25, -0.2) is 0 Å². The maximum absolute atomic E-state index is 12.4.